The van der Waals surface area contributed by atoms with Crippen molar-refractivity contribution in [2.24, 2.45) is 0 Å². The second kappa shape index (κ2) is 18.2. The van der Waals surface area contributed by atoms with Gasteiger partial charge in [-0.05, 0) is 38.5 Å². The van der Waals surface area contributed by atoms with Crippen LogP contribution in [0.5, 0.6) is 0 Å². The van der Waals surface area contributed by atoms with Crippen molar-refractivity contribution in [2.75, 3.05) is 0 Å². The predicted molar refractivity (Wildman–Crippen MR) is 106 cm³/mol. The Hall–Kier alpha value is -2.13. The first-order valence-corrected chi connectivity index (χ1v) is 9.00. The van der Waals surface area contributed by atoms with E-state index in [2.05, 4.69) is 25.2 Å². The number of carboxylic acids is 1. The molecule has 0 heterocycles. The highest BCUT2D eigenvalue weighted by molar-refractivity contribution is 5.66. The van der Waals surface area contributed by atoms with E-state index in [1.807, 2.05) is 54.7 Å². The summed E-state index contributed by atoms with van der Waals surface area (Å²) in [5, 5.41) is 18.3. The van der Waals surface area contributed by atoms with E-state index in [0.717, 1.165) is 19.3 Å². The zero-order valence-electron chi connectivity index (χ0n) is 15.3. The number of carbonyl (C=O) groups is 1. The third-order valence-electron chi connectivity index (χ3n) is 3.23. The van der Waals surface area contributed by atoms with Gasteiger partial charge in [-0.25, -0.2) is 0 Å². The van der Waals surface area contributed by atoms with Crippen LogP contribution in [0.25, 0.3) is 0 Å². The van der Waals surface area contributed by atoms with Crippen LogP contribution in [0.1, 0.15) is 51.9 Å². The summed E-state index contributed by atoms with van der Waals surface area (Å²) in [6, 6.07) is 0. The van der Waals surface area contributed by atoms with Crippen LogP contribution in [0, 0.1) is 0 Å². The standard InChI is InChI=1S/C22H32O3/c1-2-3-4-5-12-15-18-21(23)19-16-13-10-8-6-7-9-11-14-17-20-22(24)25/h3-4,6-8,10-16,21,23H,2,5,9,17-20H2,1H3,(H,24,25)/b4-3-,7-6-,10-8+,14-11-,15-12-,16-13+/t21-/m1/s1. The summed E-state index contributed by atoms with van der Waals surface area (Å²) < 4.78 is 0. The molecule has 25 heavy (non-hydrogen) atoms. The maximum atomic E-state index is 10.3. The summed E-state index contributed by atoms with van der Waals surface area (Å²) >= 11 is 0. The monoisotopic (exact) mass is 344 g/mol. The fourth-order valence-corrected chi connectivity index (χ4v) is 1.89. The minimum absolute atomic E-state index is 0.183. The summed E-state index contributed by atoms with van der Waals surface area (Å²) in [6.45, 7) is 2.11. The van der Waals surface area contributed by atoms with Gasteiger partial charge < -0.3 is 10.2 Å². The molecule has 2 N–H and O–H groups in total. The molecule has 1 atom stereocenters. The first-order chi connectivity index (χ1) is 12.2. The molecule has 0 aliphatic carbocycles. The van der Waals surface area contributed by atoms with E-state index in [1.54, 1.807) is 0 Å². The van der Waals surface area contributed by atoms with Gasteiger partial charge in [0.2, 0.25) is 0 Å². The summed E-state index contributed by atoms with van der Waals surface area (Å²) in [5.41, 5.74) is 0. The molecule has 3 nitrogen and oxygen atoms in total. The topological polar surface area (TPSA) is 57.5 Å². The smallest absolute Gasteiger partial charge is 0.303 e. The van der Waals surface area contributed by atoms with Crippen LogP contribution < -0.4 is 0 Å². The fraction of sp³-hybridized carbons (Fsp3) is 0.409. The number of aliphatic carboxylic acids is 1. The molecule has 0 fully saturated rings. The Bertz CT molecular complexity index is 493. The molecule has 0 aromatic carbocycles. The van der Waals surface area contributed by atoms with Crippen molar-refractivity contribution in [3.8, 4) is 0 Å². The third-order valence-corrected chi connectivity index (χ3v) is 3.23. The van der Waals surface area contributed by atoms with Gasteiger partial charge in [0, 0.05) is 6.42 Å². The normalized spacial score (nSPS) is 14.3. The van der Waals surface area contributed by atoms with E-state index in [-0.39, 0.29) is 12.5 Å². The summed E-state index contributed by atoms with van der Waals surface area (Å²) in [7, 11) is 0. The molecular weight excluding hydrogens is 312 g/mol. The van der Waals surface area contributed by atoms with Crippen molar-refractivity contribution >= 4 is 5.97 Å². The highest BCUT2D eigenvalue weighted by Gasteiger charge is 1.96. The van der Waals surface area contributed by atoms with Crippen molar-refractivity contribution in [1.29, 1.82) is 0 Å². The van der Waals surface area contributed by atoms with Crippen molar-refractivity contribution < 1.29 is 15.0 Å². The summed E-state index contributed by atoms with van der Waals surface area (Å²) in [5.74, 6) is -0.764. The summed E-state index contributed by atoms with van der Waals surface area (Å²) in [4.78, 5) is 10.3. The molecule has 0 spiro atoms. The van der Waals surface area contributed by atoms with Gasteiger partial charge in [0.05, 0.1) is 6.10 Å². The van der Waals surface area contributed by atoms with Crippen molar-refractivity contribution in [3.05, 3.63) is 72.9 Å². The van der Waals surface area contributed by atoms with Gasteiger partial charge in [-0.15, -0.1) is 0 Å². The third kappa shape index (κ3) is 19.8. The lowest BCUT2D eigenvalue weighted by atomic mass is 10.1. The second-order valence-electron chi connectivity index (χ2n) is 5.59. The Labute approximate surface area is 152 Å². The zero-order chi connectivity index (χ0) is 18.6. The van der Waals surface area contributed by atoms with Crippen LogP contribution in [-0.2, 0) is 4.79 Å². The summed E-state index contributed by atoms with van der Waals surface area (Å²) in [6.07, 6.45) is 28.5. The van der Waals surface area contributed by atoms with Crippen molar-refractivity contribution in [2.45, 2.75) is 58.0 Å². The Morgan fingerprint density at radius 3 is 2.12 bits per heavy atom. The number of carboxylic acid groups (broad SMARTS) is 1. The highest BCUT2D eigenvalue weighted by atomic mass is 16.4. The Morgan fingerprint density at radius 2 is 1.40 bits per heavy atom. The quantitative estimate of drug-likeness (QED) is 0.322. The first-order valence-electron chi connectivity index (χ1n) is 9.00. The lowest BCUT2D eigenvalue weighted by Gasteiger charge is -2.02. The Kier molecular flexibility index (Phi) is 16.7. The lowest BCUT2D eigenvalue weighted by molar-refractivity contribution is -0.136. The molecule has 0 bridgehead atoms. The number of hydrogen-bond acceptors (Lipinski definition) is 2. The van der Waals surface area contributed by atoms with Crippen molar-refractivity contribution in [3.63, 3.8) is 0 Å². The molecule has 0 saturated carbocycles. The highest BCUT2D eigenvalue weighted by Crippen LogP contribution is 2.01. The maximum absolute atomic E-state index is 10.3. The number of aliphatic hydroxyl groups excluding tert-OH is 1. The second-order valence-corrected chi connectivity index (χ2v) is 5.59. The zero-order valence-corrected chi connectivity index (χ0v) is 15.3. The molecule has 138 valence electrons. The molecule has 0 aliphatic rings. The van der Waals surface area contributed by atoms with Gasteiger partial charge in [0.25, 0.3) is 0 Å². The van der Waals surface area contributed by atoms with Gasteiger partial charge >= 0.3 is 5.97 Å². The molecule has 0 amide bonds. The molecule has 0 aromatic heterocycles. The molecule has 3 heteroatoms. The number of allylic oxidation sites excluding steroid dienone is 10. The van der Waals surface area contributed by atoms with Crippen LogP contribution >= 0.6 is 0 Å². The average molecular weight is 344 g/mol. The van der Waals surface area contributed by atoms with Gasteiger partial charge in [-0.3, -0.25) is 4.79 Å². The molecule has 0 rings (SSSR count). The largest absolute Gasteiger partial charge is 0.481 e. The fourth-order valence-electron chi connectivity index (χ4n) is 1.89. The number of hydrogen-bond donors (Lipinski definition) is 2. The van der Waals surface area contributed by atoms with Gasteiger partial charge in [-0.1, -0.05) is 79.8 Å². The van der Waals surface area contributed by atoms with Crippen LogP contribution in [0.3, 0.4) is 0 Å². The van der Waals surface area contributed by atoms with Crippen LogP contribution in [0.2, 0.25) is 0 Å². The van der Waals surface area contributed by atoms with Crippen LogP contribution in [0.4, 0.5) is 0 Å². The van der Waals surface area contributed by atoms with Crippen LogP contribution in [-0.4, -0.2) is 22.3 Å². The molecule has 0 unspecified atom stereocenters. The Balaban J connectivity index is 3.71. The van der Waals surface area contributed by atoms with Gasteiger partial charge in [0.1, 0.15) is 0 Å². The van der Waals surface area contributed by atoms with E-state index in [4.69, 9.17) is 5.11 Å². The molecule has 0 aliphatic heterocycles. The molecule has 0 saturated heterocycles. The van der Waals surface area contributed by atoms with E-state index in [0.29, 0.717) is 19.3 Å². The van der Waals surface area contributed by atoms with Gasteiger partial charge in [0.15, 0.2) is 0 Å². The Morgan fingerprint density at radius 1 is 0.800 bits per heavy atom. The number of aliphatic hydroxyl groups is 1. The average Bonchev–Trinajstić information content (AvgIpc) is 2.58. The first kappa shape index (κ1) is 22.9. The van der Waals surface area contributed by atoms with Crippen molar-refractivity contribution in [1.82, 2.24) is 0 Å². The minimum atomic E-state index is -0.764. The van der Waals surface area contributed by atoms with Gasteiger partial charge in [-0.2, -0.15) is 0 Å². The maximum Gasteiger partial charge on any atom is 0.303 e. The molecule has 0 radical (unpaired) electrons. The predicted octanol–water partition coefficient (Wildman–Crippen LogP) is 5.52. The van der Waals surface area contributed by atoms with E-state index in [1.165, 1.54) is 0 Å². The van der Waals surface area contributed by atoms with Crippen LogP contribution in [0.15, 0.2) is 72.9 Å². The molecule has 0 aromatic rings. The molecular formula is C22H32O3. The number of rotatable bonds is 14. The SMILES string of the molecule is CC/C=C\C/C=C\C[C@@H](O)C/C=C/C=C/C=C\C/C=C\CCC(=O)O. The van der Waals surface area contributed by atoms with E-state index < -0.39 is 5.97 Å². The minimum Gasteiger partial charge on any atom is -0.481 e. The lowest BCUT2D eigenvalue weighted by Crippen LogP contribution is -2.02. The van der Waals surface area contributed by atoms with E-state index >= 15 is 0 Å². The van der Waals surface area contributed by atoms with E-state index in [9.17, 15) is 9.90 Å².